The molecule has 1 unspecified atom stereocenters. The van der Waals surface area contributed by atoms with Crippen molar-refractivity contribution in [2.75, 3.05) is 0 Å². The molecule has 1 N–H and O–H groups in total. The summed E-state index contributed by atoms with van der Waals surface area (Å²) in [4.78, 5) is 0. The molecule has 2 rings (SSSR count). The molecule has 0 spiro atoms. The first kappa shape index (κ1) is 13.1. The van der Waals surface area contributed by atoms with Crippen molar-refractivity contribution in [1.82, 2.24) is 9.78 Å². The summed E-state index contributed by atoms with van der Waals surface area (Å²) in [5.74, 6) is 1.40. The molecule has 1 aromatic heterocycles. The van der Waals surface area contributed by atoms with E-state index in [-0.39, 0.29) is 0 Å². The Morgan fingerprint density at radius 1 is 1.50 bits per heavy atom. The fraction of sp³-hybridized carbons (Fsp3) is 0.308. The molecule has 1 aromatic carbocycles. The molecule has 0 saturated carbocycles. The SMILES string of the molecule is CCn1cc(Oc2ccc(C(C)O)cc2Br)cn1. The van der Waals surface area contributed by atoms with Crippen LogP contribution in [0.1, 0.15) is 25.5 Å². The summed E-state index contributed by atoms with van der Waals surface area (Å²) in [7, 11) is 0. The van der Waals surface area contributed by atoms with Crippen LogP contribution in [0.25, 0.3) is 0 Å². The lowest BCUT2D eigenvalue weighted by atomic mass is 10.1. The highest BCUT2D eigenvalue weighted by molar-refractivity contribution is 9.10. The van der Waals surface area contributed by atoms with E-state index in [2.05, 4.69) is 21.0 Å². The lowest BCUT2D eigenvalue weighted by Crippen LogP contribution is -1.93. The van der Waals surface area contributed by atoms with E-state index >= 15 is 0 Å². The Balaban J connectivity index is 2.19. The van der Waals surface area contributed by atoms with E-state index < -0.39 is 6.10 Å². The highest BCUT2D eigenvalue weighted by Gasteiger charge is 2.08. The summed E-state index contributed by atoms with van der Waals surface area (Å²) in [6, 6.07) is 5.52. The monoisotopic (exact) mass is 310 g/mol. The lowest BCUT2D eigenvalue weighted by molar-refractivity contribution is 0.199. The van der Waals surface area contributed by atoms with Gasteiger partial charge < -0.3 is 9.84 Å². The number of nitrogens with zero attached hydrogens (tertiary/aromatic N) is 2. The Morgan fingerprint density at radius 2 is 2.28 bits per heavy atom. The molecule has 0 bridgehead atoms. The number of rotatable bonds is 4. The van der Waals surface area contributed by atoms with E-state index in [1.54, 1.807) is 17.8 Å². The maximum Gasteiger partial charge on any atom is 0.165 e. The summed E-state index contributed by atoms with van der Waals surface area (Å²) < 4.78 is 8.32. The van der Waals surface area contributed by atoms with Crippen LogP contribution in [0.4, 0.5) is 0 Å². The maximum absolute atomic E-state index is 9.49. The highest BCUT2D eigenvalue weighted by Crippen LogP contribution is 2.31. The van der Waals surface area contributed by atoms with Crippen LogP contribution >= 0.6 is 15.9 Å². The van der Waals surface area contributed by atoms with Crippen LogP contribution in [0.5, 0.6) is 11.5 Å². The zero-order valence-electron chi connectivity index (χ0n) is 10.3. The van der Waals surface area contributed by atoms with Gasteiger partial charge in [0.2, 0.25) is 0 Å². The van der Waals surface area contributed by atoms with Crippen LogP contribution in [0.2, 0.25) is 0 Å². The largest absolute Gasteiger partial charge is 0.453 e. The van der Waals surface area contributed by atoms with Crippen molar-refractivity contribution in [3.8, 4) is 11.5 Å². The number of aromatic nitrogens is 2. The van der Waals surface area contributed by atoms with Crippen molar-refractivity contribution >= 4 is 15.9 Å². The van der Waals surface area contributed by atoms with Gasteiger partial charge in [-0.3, -0.25) is 4.68 Å². The molecule has 2 aromatic rings. The van der Waals surface area contributed by atoms with Crippen LogP contribution in [0, 0.1) is 0 Å². The number of hydrogen-bond acceptors (Lipinski definition) is 3. The Morgan fingerprint density at radius 3 is 2.83 bits per heavy atom. The van der Waals surface area contributed by atoms with E-state index in [0.717, 1.165) is 16.6 Å². The molecule has 4 nitrogen and oxygen atoms in total. The highest BCUT2D eigenvalue weighted by atomic mass is 79.9. The summed E-state index contributed by atoms with van der Waals surface area (Å²) in [5, 5.41) is 13.6. The maximum atomic E-state index is 9.49. The van der Waals surface area contributed by atoms with Crippen molar-refractivity contribution in [3.63, 3.8) is 0 Å². The normalized spacial score (nSPS) is 12.4. The average Bonchev–Trinajstić information content (AvgIpc) is 2.79. The van der Waals surface area contributed by atoms with E-state index in [9.17, 15) is 5.11 Å². The molecule has 96 valence electrons. The third kappa shape index (κ3) is 2.91. The van der Waals surface area contributed by atoms with Gasteiger partial charge in [-0.1, -0.05) is 6.07 Å². The number of aryl methyl sites for hydroxylation is 1. The first-order valence-corrected chi connectivity index (χ1v) is 6.57. The minimum absolute atomic E-state index is 0.488. The van der Waals surface area contributed by atoms with Crippen LogP contribution in [0.15, 0.2) is 35.1 Å². The van der Waals surface area contributed by atoms with Gasteiger partial charge in [0.15, 0.2) is 5.75 Å². The van der Waals surface area contributed by atoms with Gasteiger partial charge in [-0.15, -0.1) is 0 Å². The van der Waals surface area contributed by atoms with Crippen molar-refractivity contribution in [2.24, 2.45) is 0 Å². The van der Waals surface area contributed by atoms with Crippen LogP contribution < -0.4 is 4.74 Å². The zero-order valence-corrected chi connectivity index (χ0v) is 11.9. The molecule has 0 radical (unpaired) electrons. The van der Waals surface area contributed by atoms with Gasteiger partial charge >= 0.3 is 0 Å². The summed E-state index contributed by atoms with van der Waals surface area (Å²) in [6.45, 7) is 4.56. The third-order valence-corrected chi connectivity index (χ3v) is 3.22. The van der Waals surface area contributed by atoms with E-state index in [1.807, 2.05) is 31.3 Å². The predicted molar refractivity (Wildman–Crippen MR) is 72.8 cm³/mol. The second kappa shape index (κ2) is 5.54. The van der Waals surface area contributed by atoms with Gasteiger partial charge in [0.05, 0.1) is 23.0 Å². The quantitative estimate of drug-likeness (QED) is 0.940. The molecule has 0 saturated heterocycles. The zero-order chi connectivity index (χ0) is 13.1. The number of aliphatic hydroxyl groups excluding tert-OH is 1. The molecular formula is C13H15BrN2O2. The summed E-state index contributed by atoms with van der Waals surface area (Å²) in [6.07, 6.45) is 3.03. The minimum Gasteiger partial charge on any atom is -0.453 e. The molecule has 1 atom stereocenters. The second-order valence-electron chi connectivity index (χ2n) is 4.00. The lowest BCUT2D eigenvalue weighted by Gasteiger charge is -2.09. The Hall–Kier alpha value is -1.33. The summed E-state index contributed by atoms with van der Waals surface area (Å²) >= 11 is 3.43. The van der Waals surface area contributed by atoms with E-state index in [4.69, 9.17) is 4.74 Å². The van der Waals surface area contributed by atoms with Crippen LogP contribution in [0.3, 0.4) is 0 Å². The van der Waals surface area contributed by atoms with Gasteiger partial charge in [0, 0.05) is 6.54 Å². The molecular weight excluding hydrogens is 296 g/mol. The first-order chi connectivity index (χ1) is 8.60. The number of halogens is 1. The van der Waals surface area contributed by atoms with Gasteiger partial charge in [0.1, 0.15) is 5.75 Å². The molecule has 0 aliphatic rings. The smallest absolute Gasteiger partial charge is 0.165 e. The molecule has 0 aliphatic carbocycles. The predicted octanol–water partition coefficient (Wildman–Crippen LogP) is 3.51. The Bertz CT molecular complexity index is 538. The van der Waals surface area contributed by atoms with Gasteiger partial charge in [-0.2, -0.15) is 5.10 Å². The number of benzene rings is 1. The second-order valence-corrected chi connectivity index (χ2v) is 4.85. The summed E-state index contributed by atoms with van der Waals surface area (Å²) in [5.41, 5.74) is 0.846. The fourth-order valence-corrected chi connectivity index (χ4v) is 2.03. The van der Waals surface area contributed by atoms with Gasteiger partial charge in [0.25, 0.3) is 0 Å². The van der Waals surface area contributed by atoms with E-state index in [1.165, 1.54) is 0 Å². The number of ether oxygens (including phenoxy) is 1. The third-order valence-electron chi connectivity index (χ3n) is 2.60. The molecule has 18 heavy (non-hydrogen) atoms. The molecule has 0 amide bonds. The Kier molecular flexibility index (Phi) is 4.04. The topological polar surface area (TPSA) is 47.3 Å². The number of hydrogen-bond donors (Lipinski definition) is 1. The van der Waals surface area contributed by atoms with Gasteiger partial charge in [-0.05, 0) is 47.5 Å². The van der Waals surface area contributed by atoms with Crippen molar-refractivity contribution in [2.45, 2.75) is 26.5 Å². The van der Waals surface area contributed by atoms with Crippen molar-refractivity contribution < 1.29 is 9.84 Å². The molecule has 0 aliphatic heterocycles. The van der Waals surface area contributed by atoms with Crippen molar-refractivity contribution in [1.29, 1.82) is 0 Å². The number of aliphatic hydroxyl groups is 1. The van der Waals surface area contributed by atoms with Crippen molar-refractivity contribution in [3.05, 3.63) is 40.6 Å². The van der Waals surface area contributed by atoms with E-state index in [0.29, 0.717) is 11.5 Å². The molecule has 0 fully saturated rings. The minimum atomic E-state index is -0.488. The average molecular weight is 311 g/mol. The molecule has 5 heteroatoms. The van der Waals surface area contributed by atoms with Crippen LogP contribution in [-0.4, -0.2) is 14.9 Å². The van der Waals surface area contributed by atoms with Crippen LogP contribution in [-0.2, 0) is 6.54 Å². The molecule has 1 heterocycles. The van der Waals surface area contributed by atoms with Gasteiger partial charge in [-0.25, -0.2) is 0 Å². The Labute approximate surface area is 114 Å². The standard InChI is InChI=1S/C13H15BrN2O2/c1-3-16-8-11(7-15-16)18-13-5-4-10(9(2)17)6-12(13)14/h4-9,17H,3H2,1-2H3. The fourth-order valence-electron chi connectivity index (χ4n) is 1.56. The first-order valence-electron chi connectivity index (χ1n) is 5.78.